The maximum atomic E-state index is 12.3. The smallest absolute Gasteiger partial charge is 0.287 e. The van der Waals surface area contributed by atoms with Crippen LogP contribution in [0.15, 0.2) is 45.7 Å². The van der Waals surface area contributed by atoms with Crippen molar-refractivity contribution in [3.8, 4) is 0 Å². The van der Waals surface area contributed by atoms with Crippen LogP contribution in [0, 0.1) is 13.8 Å². The first kappa shape index (κ1) is 16.3. The van der Waals surface area contributed by atoms with Crippen LogP contribution in [0.1, 0.15) is 28.8 Å². The quantitative estimate of drug-likeness (QED) is 0.918. The van der Waals surface area contributed by atoms with Gasteiger partial charge in [0, 0.05) is 6.04 Å². The molecule has 0 aliphatic rings. The number of amides is 1. The zero-order valence-electron chi connectivity index (χ0n) is 12.8. The van der Waals surface area contributed by atoms with E-state index in [4.69, 9.17) is 4.42 Å². The molecule has 0 unspecified atom stereocenters. The van der Waals surface area contributed by atoms with Crippen LogP contribution in [-0.4, -0.2) is 26.1 Å². The van der Waals surface area contributed by atoms with Gasteiger partial charge < -0.3 is 9.73 Å². The fourth-order valence-corrected chi connectivity index (χ4v) is 3.55. The molecule has 0 fully saturated rings. The van der Waals surface area contributed by atoms with Gasteiger partial charge in [-0.05, 0) is 45.0 Å². The van der Waals surface area contributed by atoms with Crippen LogP contribution < -0.4 is 5.32 Å². The summed E-state index contributed by atoms with van der Waals surface area (Å²) < 4.78 is 29.8. The van der Waals surface area contributed by atoms with Gasteiger partial charge in [0.15, 0.2) is 15.6 Å². The SMILES string of the molecule is Cc1ccc(S(=O)(=O)C[C@H](C)NC(=O)c2ccc(C)o2)cc1. The second-order valence-electron chi connectivity index (χ2n) is 5.38. The topological polar surface area (TPSA) is 76.4 Å². The van der Waals surface area contributed by atoms with E-state index in [1.165, 1.54) is 0 Å². The third kappa shape index (κ3) is 3.98. The van der Waals surface area contributed by atoms with Crippen LogP contribution in [0.4, 0.5) is 0 Å². The number of hydrogen-bond acceptors (Lipinski definition) is 4. The number of sulfone groups is 1. The Bertz CT molecular complexity index is 760. The lowest BCUT2D eigenvalue weighted by atomic mass is 10.2. The van der Waals surface area contributed by atoms with Gasteiger partial charge in [-0.25, -0.2) is 8.42 Å². The number of rotatable bonds is 5. The summed E-state index contributed by atoms with van der Waals surface area (Å²) in [5.74, 6) is 0.225. The molecule has 0 saturated heterocycles. The fraction of sp³-hybridized carbons (Fsp3) is 0.312. The fourth-order valence-electron chi connectivity index (χ4n) is 2.06. The number of nitrogens with one attached hydrogen (secondary N) is 1. The Morgan fingerprint density at radius 1 is 1.14 bits per heavy atom. The van der Waals surface area contributed by atoms with E-state index < -0.39 is 21.8 Å². The van der Waals surface area contributed by atoms with Crippen molar-refractivity contribution >= 4 is 15.7 Å². The van der Waals surface area contributed by atoms with Gasteiger partial charge in [0.1, 0.15) is 5.76 Å². The Morgan fingerprint density at radius 2 is 1.77 bits per heavy atom. The van der Waals surface area contributed by atoms with Gasteiger partial charge >= 0.3 is 0 Å². The molecule has 0 saturated carbocycles. The van der Waals surface area contributed by atoms with Crippen molar-refractivity contribution in [2.45, 2.75) is 31.7 Å². The summed E-state index contributed by atoms with van der Waals surface area (Å²) in [6.45, 7) is 5.28. The molecule has 2 aromatic rings. The van der Waals surface area contributed by atoms with Gasteiger partial charge in [-0.2, -0.15) is 0 Å². The minimum absolute atomic E-state index is 0.165. The van der Waals surface area contributed by atoms with Crippen molar-refractivity contribution < 1.29 is 17.6 Å². The molecule has 1 amide bonds. The van der Waals surface area contributed by atoms with Crippen molar-refractivity contribution in [3.05, 3.63) is 53.5 Å². The molecule has 5 nitrogen and oxygen atoms in total. The zero-order valence-corrected chi connectivity index (χ0v) is 13.6. The van der Waals surface area contributed by atoms with E-state index in [0.29, 0.717) is 5.76 Å². The summed E-state index contributed by atoms with van der Waals surface area (Å²) in [5, 5.41) is 2.63. The Hall–Kier alpha value is -2.08. The number of furan rings is 1. The third-order valence-corrected chi connectivity index (χ3v) is 5.12. The highest BCUT2D eigenvalue weighted by Gasteiger charge is 2.21. The van der Waals surface area contributed by atoms with Crippen molar-refractivity contribution in [3.63, 3.8) is 0 Å². The second kappa shape index (κ2) is 6.36. The summed E-state index contributed by atoms with van der Waals surface area (Å²) in [5.41, 5.74) is 0.994. The molecule has 1 heterocycles. The van der Waals surface area contributed by atoms with Crippen LogP contribution in [0.25, 0.3) is 0 Å². The lowest BCUT2D eigenvalue weighted by molar-refractivity contribution is 0.0914. The highest BCUT2D eigenvalue weighted by molar-refractivity contribution is 7.91. The van der Waals surface area contributed by atoms with Gasteiger partial charge in [-0.3, -0.25) is 4.79 Å². The van der Waals surface area contributed by atoms with E-state index in [9.17, 15) is 13.2 Å². The van der Waals surface area contributed by atoms with Gasteiger partial charge in [0.05, 0.1) is 10.6 Å². The number of carbonyl (C=O) groups excluding carboxylic acids is 1. The first-order valence-corrected chi connectivity index (χ1v) is 8.60. The van der Waals surface area contributed by atoms with Crippen molar-refractivity contribution in [1.82, 2.24) is 5.32 Å². The molecule has 0 aliphatic carbocycles. The van der Waals surface area contributed by atoms with E-state index in [1.807, 2.05) is 6.92 Å². The first-order valence-electron chi connectivity index (χ1n) is 6.94. The monoisotopic (exact) mass is 321 g/mol. The molecular formula is C16H19NO4S. The molecule has 2 rings (SSSR count). The van der Waals surface area contributed by atoms with E-state index >= 15 is 0 Å². The largest absolute Gasteiger partial charge is 0.456 e. The molecule has 0 radical (unpaired) electrons. The Kier molecular flexibility index (Phi) is 4.71. The molecule has 118 valence electrons. The molecule has 6 heteroatoms. The van der Waals surface area contributed by atoms with Crippen LogP contribution in [0.2, 0.25) is 0 Å². The molecule has 0 bridgehead atoms. The summed E-state index contributed by atoms with van der Waals surface area (Å²) in [6.07, 6.45) is 0. The number of hydrogen-bond donors (Lipinski definition) is 1. The van der Waals surface area contributed by atoms with Crippen molar-refractivity contribution in [2.24, 2.45) is 0 Å². The summed E-state index contributed by atoms with van der Waals surface area (Å²) >= 11 is 0. The predicted octanol–water partition coefficient (Wildman–Crippen LogP) is 2.49. The molecule has 1 aromatic heterocycles. The van der Waals surface area contributed by atoms with Crippen LogP contribution in [0.3, 0.4) is 0 Å². The molecule has 1 atom stereocenters. The van der Waals surface area contributed by atoms with E-state index in [0.717, 1.165) is 5.56 Å². The van der Waals surface area contributed by atoms with Crippen LogP contribution in [0.5, 0.6) is 0 Å². The highest BCUT2D eigenvalue weighted by Crippen LogP contribution is 2.13. The Labute approximate surface area is 130 Å². The number of benzene rings is 1. The molecule has 0 spiro atoms. The van der Waals surface area contributed by atoms with Crippen LogP contribution in [-0.2, 0) is 9.84 Å². The third-order valence-electron chi connectivity index (χ3n) is 3.19. The van der Waals surface area contributed by atoms with Gasteiger partial charge in [-0.15, -0.1) is 0 Å². The second-order valence-corrected chi connectivity index (χ2v) is 7.41. The van der Waals surface area contributed by atoms with Crippen LogP contribution >= 0.6 is 0 Å². The minimum Gasteiger partial charge on any atom is -0.456 e. The Balaban J connectivity index is 2.03. The normalized spacial score (nSPS) is 12.9. The molecule has 0 aliphatic heterocycles. The number of aryl methyl sites for hydroxylation is 2. The van der Waals surface area contributed by atoms with E-state index in [1.54, 1.807) is 50.2 Å². The van der Waals surface area contributed by atoms with Gasteiger partial charge in [0.25, 0.3) is 5.91 Å². The molecule has 1 N–H and O–H groups in total. The minimum atomic E-state index is -3.44. The van der Waals surface area contributed by atoms with E-state index in [2.05, 4.69) is 5.32 Å². The summed E-state index contributed by atoms with van der Waals surface area (Å²) in [4.78, 5) is 12.2. The van der Waals surface area contributed by atoms with Crippen molar-refractivity contribution in [2.75, 3.05) is 5.75 Å². The lowest BCUT2D eigenvalue weighted by Crippen LogP contribution is -2.37. The standard InChI is InChI=1S/C16H19NO4S/c1-11-4-7-14(8-5-11)22(19,20)10-12(2)17-16(18)15-9-6-13(3)21-15/h4-9,12H,10H2,1-3H3,(H,17,18)/t12-/m0/s1. The highest BCUT2D eigenvalue weighted by atomic mass is 32.2. The molecule has 1 aromatic carbocycles. The van der Waals surface area contributed by atoms with Gasteiger partial charge in [-0.1, -0.05) is 17.7 Å². The average molecular weight is 321 g/mol. The Morgan fingerprint density at radius 3 is 2.32 bits per heavy atom. The average Bonchev–Trinajstić information content (AvgIpc) is 2.85. The van der Waals surface area contributed by atoms with E-state index in [-0.39, 0.29) is 16.4 Å². The maximum Gasteiger partial charge on any atom is 0.287 e. The maximum absolute atomic E-state index is 12.3. The summed E-state index contributed by atoms with van der Waals surface area (Å²) in [6, 6.07) is 9.38. The first-order chi connectivity index (χ1) is 10.3. The van der Waals surface area contributed by atoms with Crippen molar-refractivity contribution in [1.29, 1.82) is 0 Å². The molecule has 22 heavy (non-hydrogen) atoms. The number of carbonyl (C=O) groups is 1. The predicted molar refractivity (Wildman–Crippen MR) is 83.6 cm³/mol. The lowest BCUT2D eigenvalue weighted by Gasteiger charge is -2.13. The molecular weight excluding hydrogens is 302 g/mol. The van der Waals surface area contributed by atoms with Gasteiger partial charge in [0.2, 0.25) is 0 Å². The summed E-state index contributed by atoms with van der Waals surface area (Å²) in [7, 11) is -3.44. The zero-order chi connectivity index (χ0) is 16.3.